The van der Waals surface area contributed by atoms with Gasteiger partial charge >= 0.3 is 5.69 Å². The summed E-state index contributed by atoms with van der Waals surface area (Å²) >= 11 is 0. The summed E-state index contributed by atoms with van der Waals surface area (Å²) in [6, 6.07) is 20.8. The Balaban J connectivity index is 1.28. The third kappa shape index (κ3) is 5.74. The number of fused-ring (bicyclic) bond motifs is 2. The lowest BCUT2D eigenvalue weighted by Gasteiger charge is -2.29. The summed E-state index contributed by atoms with van der Waals surface area (Å²) in [5.74, 6) is 0.699. The Hall–Kier alpha value is -4.08. The van der Waals surface area contributed by atoms with Gasteiger partial charge in [-0.05, 0) is 44.0 Å². The number of hydrogen-bond acceptors (Lipinski definition) is 6. The van der Waals surface area contributed by atoms with E-state index in [1.54, 1.807) is 16.7 Å². The minimum atomic E-state index is -0.922. The average Bonchev–Trinajstić information content (AvgIpc) is 3.24. The van der Waals surface area contributed by atoms with Crippen LogP contribution in [0, 0.1) is 0 Å². The van der Waals surface area contributed by atoms with Gasteiger partial charge in [0.15, 0.2) is 6.61 Å². The first-order valence-electron chi connectivity index (χ1n) is 12.7. The standard InChI is InChI=1S/C29H32N4O5/c1-29(2,12-13-33-24-11-7-6-10-22(24)32-28(33)36)30-16-25(34)21-14-20(37-17-19-8-4-3-5-9-19)15-23-27(21)38-18-26(35)31-23/h3-11,14-15,25,30,34H,12-13,16-18H2,1-2H3,(H,31,35)(H,32,36)/t25-/m0/s1. The lowest BCUT2D eigenvalue weighted by molar-refractivity contribution is -0.118. The van der Waals surface area contributed by atoms with Gasteiger partial charge in [0.25, 0.3) is 5.91 Å². The zero-order valence-corrected chi connectivity index (χ0v) is 21.5. The van der Waals surface area contributed by atoms with E-state index in [0.29, 0.717) is 42.3 Å². The molecule has 0 radical (unpaired) electrons. The zero-order chi connectivity index (χ0) is 26.7. The number of aromatic nitrogens is 2. The number of benzene rings is 3. The first-order valence-corrected chi connectivity index (χ1v) is 12.7. The van der Waals surface area contributed by atoms with Crippen LogP contribution in [-0.4, -0.2) is 39.3 Å². The molecule has 198 valence electrons. The molecule has 1 aromatic heterocycles. The molecule has 9 nitrogen and oxygen atoms in total. The second kappa shape index (κ2) is 10.7. The monoisotopic (exact) mass is 516 g/mol. The number of aliphatic hydroxyl groups excluding tert-OH is 1. The molecule has 4 aromatic rings. The van der Waals surface area contributed by atoms with Gasteiger partial charge in [0.2, 0.25) is 0 Å². The number of aromatic amines is 1. The summed E-state index contributed by atoms with van der Waals surface area (Å²) in [6.07, 6.45) is -0.263. The lowest BCUT2D eigenvalue weighted by Crippen LogP contribution is -2.43. The normalized spacial score (nSPS) is 14.0. The fourth-order valence-electron chi connectivity index (χ4n) is 4.56. The molecule has 0 saturated heterocycles. The highest BCUT2D eigenvalue weighted by atomic mass is 16.5. The van der Waals surface area contributed by atoms with E-state index in [-0.39, 0.29) is 30.3 Å². The zero-order valence-electron chi connectivity index (χ0n) is 21.5. The minimum Gasteiger partial charge on any atom is -0.489 e. The van der Waals surface area contributed by atoms with Gasteiger partial charge in [0.1, 0.15) is 18.1 Å². The Morgan fingerprint density at radius 1 is 1.11 bits per heavy atom. The highest BCUT2D eigenvalue weighted by Crippen LogP contribution is 2.39. The number of aryl methyl sites for hydroxylation is 1. The van der Waals surface area contributed by atoms with Crippen LogP contribution in [0.15, 0.2) is 71.5 Å². The number of β-amino-alcohol motifs (C(OH)–C–C–N with tert-alkyl or cyclic N) is 1. The van der Waals surface area contributed by atoms with Crippen LogP contribution in [0.2, 0.25) is 0 Å². The molecule has 0 saturated carbocycles. The number of carbonyl (C=O) groups is 1. The smallest absolute Gasteiger partial charge is 0.326 e. The Bertz CT molecular complexity index is 1490. The average molecular weight is 517 g/mol. The molecule has 3 aromatic carbocycles. The van der Waals surface area contributed by atoms with Crippen LogP contribution in [0.4, 0.5) is 5.69 Å². The summed E-state index contributed by atoms with van der Waals surface area (Å²) in [5, 5.41) is 17.4. The molecule has 9 heteroatoms. The number of nitrogens with zero attached hydrogens (tertiary/aromatic N) is 1. The first-order chi connectivity index (χ1) is 18.3. The Kier molecular flexibility index (Phi) is 7.22. The number of ether oxygens (including phenoxy) is 2. The summed E-state index contributed by atoms with van der Waals surface area (Å²) in [7, 11) is 0. The molecule has 1 atom stereocenters. The maximum absolute atomic E-state index is 12.4. The van der Waals surface area contributed by atoms with Crippen LogP contribution in [0.25, 0.3) is 11.0 Å². The SMILES string of the molecule is CC(C)(CCn1c(=O)[nH]c2ccccc21)NC[C@H](O)c1cc(OCc2ccccc2)cc2c1OCC(=O)N2. The number of nitrogens with one attached hydrogen (secondary N) is 3. The van der Waals surface area contributed by atoms with Gasteiger partial charge in [-0.15, -0.1) is 0 Å². The molecular formula is C29H32N4O5. The molecule has 0 aliphatic carbocycles. The third-order valence-corrected chi connectivity index (χ3v) is 6.74. The number of aliphatic hydroxyl groups is 1. The lowest BCUT2D eigenvalue weighted by atomic mass is 9.99. The molecule has 1 aliphatic heterocycles. The van der Waals surface area contributed by atoms with Crippen LogP contribution in [0.5, 0.6) is 11.5 Å². The van der Waals surface area contributed by atoms with Gasteiger partial charge in [-0.3, -0.25) is 9.36 Å². The maximum Gasteiger partial charge on any atom is 0.326 e. The second-order valence-corrected chi connectivity index (χ2v) is 10.1. The highest BCUT2D eigenvalue weighted by Gasteiger charge is 2.26. The molecule has 0 fully saturated rings. The van der Waals surface area contributed by atoms with Crippen LogP contribution in [0.1, 0.15) is 37.5 Å². The molecule has 4 N–H and O–H groups in total. The van der Waals surface area contributed by atoms with E-state index in [4.69, 9.17) is 9.47 Å². The molecule has 0 spiro atoms. The second-order valence-electron chi connectivity index (χ2n) is 10.1. The molecule has 1 amide bonds. The number of amides is 1. The molecule has 0 unspecified atom stereocenters. The number of H-pyrrole nitrogens is 1. The van der Waals surface area contributed by atoms with E-state index < -0.39 is 6.10 Å². The van der Waals surface area contributed by atoms with Crippen LogP contribution in [-0.2, 0) is 17.9 Å². The molecule has 0 bridgehead atoms. The first kappa shape index (κ1) is 25.6. The summed E-state index contributed by atoms with van der Waals surface area (Å²) in [6.45, 7) is 5.06. The number of carbonyl (C=O) groups excluding carboxylic acids is 1. The van der Waals surface area contributed by atoms with Crippen LogP contribution < -0.4 is 25.8 Å². The van der Waals surface area contributed by atoms with E-state index in [1.165, 1.54) is 0 Å². The van der Waals surface area contributed by atoms with Crippen molar-refractivity contribution < 1.29 is 19.4 Å². The predicted molar refractivity (Wildman–Crippen MR) is 146 cm³/mol. The molecular weight excluding hydrogens is 484 g/mol. The Morgan fingerprint density at radius 3 is 2.68 bits per heavy atom. The summed E-state index contributed by atoms with van der Waals surface area (Å²) < 4.78 is 13.4. The van der Waals surface area contributed by atoms with E-state index in [9.17, 15) is 14.7 Å². The quantitative estimate of drug-likeness (QED) is 0.255. The number of rotatable bonds is 10. The van der Waals surface area contributed by atoms with Gasteiger partial charge in [-0.1, -0.05) is 42.5 Å². The van der Waals surface area contributed by atoms with Gasteiger partial charge in [-0.2, -0.15) is 0 Å². The van der Waals surface area contributed by atoms with Crippen molar-refractivity contribution in [3.8, 4) is 11.5 Å². The van der Waals surface area contributed by atoms with E-state index >= 15 is 0 Å². The maximum atomic E-state index is 12.4. The predicted octanol–water partition coefficient (Wildman–Crippen LogP) is 3.73. The van der Waals surface area contributed by atoms with Crippen molar-refractivity contribution in [1.82, 2.24) is 14.9 Å². The largest absolute Gasteiger partial charge is 0.489 e. The minimum absolute atomic E-state index is 0.116. The fourth-order valence-corrected chi connectivity index (χ4v) is 4.56. The van der Waals surface area contributed by atoms with Crippen molar-refractivity contribution in [3.63, 3.8) is 0 Å². The van der Waals surface area contributed by atoms with E-state index in [2.05, 4.69) is 15.6 Å². The van der Waals surface area contributed by atoms with Crippen LogP contribution >= 0.6 is 0 Å². The topological polar surface area (TPSA) is 118 Å². The van der Waals surface area contributed by atoms with Crippen molar-refractivity contribution in [2.45, 2.75) is 45.1 Å². The van der Waals surface area contributed by atoms with Crippen molar-refractivity contribution in [2.75, 3.05) is 18.5 Å². The fraction of sp³-hybridized carbons (Fsp3) is 0.310. The molecule has 5 rings (SSSR count). The van der Waals surface area contributed by atoms with Gasteiger partial charge in [0.05, 0.1) is 22.8 Å². The number of imidazole rings is 1. The van der Waals surface area contributed by atoms with Gasteiger partial charge in [0, 0.05) is 30.3 Å². The van der Waals surface area contributed by atoms with E-state index in [0.717, 1.165) is 16.6 Å². The van der Waals surface area contributed by atoms with Gasteiger partial charge < -0.3 is 30.2 Å². The number of para-hydroxylation sites is 2. The summed E-state index contributed by atoms with van der Waals surface area (Å²) in [5.41, 5.74) is 3.16. The number of hydrogen-bond donors (Lipinski definition) is 4. The van der Waals surface area contributed by atoms with E-state index in [1.807, 2.05) is 68.4 Å². The van der Waals surface area contributed by atoms with Crippen molar-refractivity contribution in [3.05, 3.63) is 88.3 Å². The summed E-state index contributed by atoms with van der Waals surface area (Å²) in [4.78, 5) is 27.3. The third-order valence-electron chi connectivity index (χ3n) is 6.74. The van der Waals surface area contributed by atoms with Crippen molar-refractivity contribution in [1.29, 1.82) is 0 Å². The number of anilines is 1. The Morgan fingerprint density at radius 2 is 1.87 bits per heavy atom. The Labute approximate surface area is 220 Å². The van der Waals surface area contributed by atoms with Gasteiger partial charge in [-0.25, -0.2) is 4.79 Å². The molecule has 2 heterocycles. The molecule has 1 aliphatic rings. The highest BCUT2D eigenvalue weighted by molar-refractivity contribution is 5.96. The van der Waals surface area contributed by atoms with Crippen molar-refractivity contribution >= 4 is 22.6 Å². The van der Waals surface area contributed by atoms with Crippen LogP contribution in [0.3, 0.4) is 0 Å². The van der Waals surface area contributed by atoms with Crippen molar-refractivity contribution in [2.24, 2.45) is 0 Å². The molecule has 38 heavy (non-hydrogen) atoms.